The van der Waals surface area contributed by atoms with Gasteiger partial charge < -0.3 is 9.42 Å². The molecule has 0 saturated carbocycles. The Balaban J connectivity index is 1.67. The summed E-state index contributed by atoms with van der Waals surface area (Å²) >= 11 is 0. The van der Waals surface area contributed by atoms with E-state index in [1.807, 2.05) is 53.9 Å². The predicted octanol–water partition coefficient (Wildman–Crippen LogP) is 2.82. The number of aryl methyl sites for hydroxylation is 1. The Kier molecular flexibility index (Phi) is 4.28. The molecule has 7 heteroatoms. The number of hydrogen-bond acceptors (Lipinski definition) is 5. The second kappa shape index (κ2) is 6.74. The van der Waals surface area contributed by atoms with Gasteiger partial charge in [0, 0.05) is 49.8 Å². The topological polar surface area (TPSA) is 77.1 Å². The van der Waals surface area contributed by atoms with Gasteiger partial charge in [0.1, 0.15) is 0 Å². The highest BCUT2D eigenvalue weighted by Crippen LogP contribution is 2.30. The van der Waals surface area contributed by atoms with E-state index in [2.05, 4.69) is 15.2 Å². The summed E-state index contributed by atoms with van der Waals surface area (Å²) in [5.74, 6) is 1.11. The van der Waals surface area contributed by atoms with Crippen molar-refractivity contribution in [3.05, 3.63) is 41.6 Å². The molecule has 0 atom stereocenters. The summed E-state index contributed by atoms with van der Waals surface area (Å²) < 4.78 is 7.35. The zero-order chi connectivity index (χ0) is 18.1. The monoisotopic (exact) mass is 351 g/mol. The van der Waals surface area contributed by atoms with Crippen LogP contribution in [0.5, 0.6) is 0 Å². The van der Waals surface area contributed by atoms with Gasteiger partial charge in [-0.25, -0.2) is 0 Å². The molecule has 0 N–H and O–H groups in total. The number of aromatic nitrogens is 4. The van der Waals surface area contributed by atoms with Gasteiger partial charge in [-0.2, -0.15) is 10.1 Å². The smallest absolute Gasteiger partial charge is 0.279 e. The minimum Gasteiger partial charge on any atom is -0.338 e. The number of amides is 1. The fourth-order valence-electron chi connectivity index (χ4n) is 3.37. The van der Waals surface area contributed by atoms with Crippen LogP contribution in [-0.4, -0.2) is 37.3 Å². The van der Waals surface area contributed by atoms with Crippen molar-refractivity contribution in [3.8, 4) is 23.0 Å². The van der Waals surface area contributed by atoms with E-state index in [9.17, 15) is 4.79 Å². The molecule has 3 heterocycles. The number of carbonyl (C=O) groups excluding carboxylic acids is 1. The highest BCUT2D eigenvalue weighted by Gasteiger charge is 2.29. The van der Waals surface area contributed by atoms with Crippen molar-refractivity contribution in [2.75, 3.05) is 6.54 Å². The van der Waals surface area contributed by atoms with E-state index in [0.29, 0.717) is 30.4 Å². The van der Waals surface area contributed by atoms with Gasteiger partial charge in [-0.1, -0.05) is 42.4 Å². The average Bonchev–Trinajstić information content (AvgIpc) is 3.27. The van der Waals surface area contributed by atoms with Crippen molar-refractivity contribution >= 4 is 5.91 Å². The fourth-order valence-corrected chi connectivity index (χ4v) is 3.37. The third-order valence-electron chi connectivity index (χ3n) is 4.72. The SMILES string of the molecule is CCCC(=O)N1CCc2c(c(-c3nc(-c4ccccc4)no3)nn2C)C1. The first-order valence-electron chi connectivity index (χ1n) is 8.89. The van der Waals surface area contributed by atoms with E-state index in [4.69, 9.17) is 4.52 Å². The molecule has 26 heavy (non-hydrogen) atoms. The highest BCUT2D eigenvalue weighted by molar-refractivity contribution is 5.77. The first-order chi connectivity index (χ1) is 12.7. The summed E-state index contributed by atoms with van der Waals surface area (Å²) in [6, 6.07) is 9.69. The van der Waals surface area contributed by atoms with Crippen molar-refractivity contribution in [3.63, 3.8) is 0 Å². The first-order valence-corrected chi connectivity index (χ1v) is 8.89. The molecule has 1 aromatic carbocycles. The summed E-state index contributed by atoms with van der Waals surface area (Å²) in [4.78, 5) is 18.7. The van der Waals surface area contributed by atoms with Gasteiger partial charge in [0.05, 0.1) is 0 Å². The van der Waals surface area contributed by atoms with Gasteiger partial charge in [-0.05, 0) is 6.42 Å². The van der Waals surface area contributed by atoms with Crippen molar-refractivity contribution < 1.29 is 9.32 Å². The number of fused-ring (bicyclic) bond motifs is 1. The van der Waals surface area contributed by atoms with Crippen LogP contribution in [0, 0.1) is 0 Å². The number of carbonyl (C=O) groups is 1. The summed E-state index contributed by atoms with van der Waals surface area (Å²) in [7, 11) is 1.92. The largest absolute Gasteiger partial charge is 0.338 e. The quantitative estimate of drug-likeness (QED) is 0.722. The minimum atomic E-state index is 0.184. The Bertz CT molecular complexity index is 929. The molecule has 0 unspecified atom stereocenters. The van der Waals surface area contributed by atoms with Gasteiger partial charge >= 0.3 is 0 Å². The van der Waals surface area contributed by atoms with Crippen molar-refractivity contribution in [1.82, 2.24) is 24.8 Å². The van der Waals surface area contributed by atoms with E-state index in [1.165, 1.54) is 0 Å². The van der Waals surface area contributed by atoms with Crippen LogP contribution in [0.3, 0.4) is 0 Å². The Morgan fingerprint density at radius 1 is 1.27 bits per heavy atom. The number of rotatable bonds is 4. The van der Waals surface area contributed by atoms with Gasteiger partial charge in [0.2, 0.25) is 11.7 Å². The van der Waals surface area contributed by atoms with Crippen LogP contribution in [0.2, 0.25) is 0 Å². The molecule has 134 valence electrons. The molecule has 0 aliphatic carbocycles. The fraction of sp³-hybridized carbons (Fsp3) is 0.368. The molecule has 0 saturated heterocycles. The maximum absolute atomic E-state index is 12.3. The summed E-state index contributed by atoms with van der Waals surface area (Å²) in [6.07, 6.45) is 2.21. The summed E-state index contributed by atoms with van der Waals surface area (Å²) in [5, 5.41) is 8.68. The maximum Gasteiger partial charge on any atom is 0.279 e. The van der Waals surface area contributed by atoms with Gasteiger partial charge in [0.15, 0.2) is 5.69 Å². The second-order valence-corrected chi connectivity index (χ2v) is 6.50. The number of nitrogens with zero attached hydrogens (tertiary/aromatic N) is 5. The Labute approximate surface area is 151 Å². The van der Waals surface area contributed by atoms with E-state index >= 15 is 0 Å². The normalized spacial score (nSPS) is 13.7. The van der Waals surface area contributed by atoms with Crippen molar-refractivity contribution in [2.45, 2.75) is 32.7 Å². The van der Waals surface area contributed by atoms with Crippen LogP contribution in [0.15, 0.2) is 34.9 Å². The minimum absolute atomic E-state index is 0.184. The molecular formula is C19H21N5O2. The Hall–Kier alpha value is -2.96. The molecule has 3 aromatic rings. The van der Waals surface area contributed by atoms with E-state index in [1.54, 1.807) is 0 Å². The third kappa shape index (κ3) is 2.89. The summed E-state index contributed by atoms with van der Waals surface area (Å²) in [6.45, 7) is 3.29. The molecule has 2 aromatic heterocycles. The number of hydrogen-bond donors (Lipinski definition) is 0. The third-order valence-corrected chi connectivity index (χ3v) is 4.72. The van der Waals surface area contributed by atoms with Crippen LogP contribution in [0.4, 0.5) is 0 Å². The molecule has 4 rings (SSSR count). The van der Waals surface area contributed by atoms with E-state index in [-0.39, 0.29) is 5.91 Å². The zero-order valence-corrected chi connectivity index (χ0v) is 15.0. The van der Waals surface area contributed by atoms with Crippen LogP contribution in [-0.2, 0) is 24.8 Å². The lowest BCUT2D eigenvalue weighted by atomic mass is 10.0. The maximum atomic E-state index is 12.3. The first kappa shape index (κ1) is 16.5. The van der Waals surface area contributed by atoms with Crippen molar-refractivity contribution in [1.29, 1.82) is 0 Å². The average molecular weight is 351 g/mol. The van der Waals surface area contributed by atoms with Gasteiger partial charge in [-0.3, -0.25) is 9.48 Å². The lowest BCUT2D eigenvalue weighted by Crippen LogP contribution is -2.36. The summed E-state index contributed by atoms with van der Waals surface area (Å²) in [5.41, 5.74) is 3.70. The molecule has 1 amide bonds. The van der Waals surface area contributed by atoms with Gasteiger partial charge in [0.25, 0.3) is 5.89 Å². The second-order valence-electron chi connectivity index (χ2n) is 6.50. The molecule has 0 radical (unpaired) electrons. The molecule has 0 bridgehead atoms. The van der Waals surface area contributed by atoms with Gasteiger partial charge in [-0.15, -0.1) is 0 Å². The molecular weight excluding hydrogens is 330 g/mol. The predicted molar refractivity (Wildman–Crippen MR) is 96.0 cm³/mol. The van der Waals surface area contributed by atoms with E-state index < -0.39 is 0 Å². The number of benzene rings is 1. The molecule has 0 spiro atoms. The highest BCUT2D eigenvalue weighted by atomic mass is 16.5. The molecule has 1 aliphatic rings. The molecule has 7 nitrogen and oxygen atoms in total. The van der Waals surface area contributed by atoms with Crippen molar-refractivity contribution in [2.24, 2.45) is 7.05 Å². The van der Waals surface area contributed by atoms with Crippen LogP contribution < -0.4 is 0 Å². The lowest BCUT2D eigenvalue weighted by Gasteiger charge is -2.27. The van der Waals surface area contributed by atoms with Crippen LogP contribution in [0.1, 0.15) is 31.0 Å². The Morgan fingerprint density at radius 3 is 2.85 bits per heavy atom. The molecule has 1 aliphatic heterocycles. The van der Waals surface area contributed by atoms with Crippen LogP contribution >= 0.6 is 0 Å². The standard InChI is InChI=1S/C19H21N5O2/c1-3-7-16(25)24-11-10-15-14(12-24)17(21-23(15)2)19-20-18(22-26-19)13-8-5-4-6-9-13/h4-6,8-9H,3,7,10-12H2,1-2H3. The van der Waals surface area contributed by atoms with Crippen LogP contribution in [0.25, 0.3) is 23.0 Å². The molecule has 0 fully saturated rings. The Morgan fingerprint density at radius 2 is 2.08 bits per heavy atom. The van der Waals surface area contributed by atoms with E-state index in [0.717, 1.165) is 36.2 Å². The lowest BCUT2D eigenvalue weighted by molar-refractivity contribution is -0.132. The zero-order valence-electron chi connectivity index (χ0n) is 15.0.